The largest absolute Gasteiger partial charge is 0.270 e. The predicted molar refractivity (Wildman–Crippen MR) is 91.5 cm³/mol. The quantitative estimate of drug-likeness (QED) is 0.553. The molecule has 7 nitrogen and oxygen atoms in total. The maximum atomic E-state index is 12.3. The van der Waals surface area contributed by atoms with Gasteiger partial charge in [0.15, 0.2) is 5.13 Å². The van der Waals surface area contributed by atoms with Gasteiger partial charge in [0, 0.05) is 23.7 Å². The molecule has 24 heavy (non-hydrogen) atoms. The van der Waals surface area contributed by atoms with E-state index < -0.39 is 14.9 Å². The van der Waals surface area contributed by atoms with Gasteiger partial charge in [-0.3, -0.25) is 14.8 Å². The van der Waals surface area contributed by atoms with Gasteiger partial charge in [0.2, 0.25) is 0 Å². The minimum Gasteiger partial charge on any atom is -0.258 e. The molecule has 0 aliphatic rings. The van der Waals surface area contributed by atoms with Crippen molar-refractivity contribution in [3.05, 3.63) is 70.2 Å². The van der Waals surface area contributed by atoms with Gasteiger partial charge in [-0.05, 0) is 23.3 Å². The van der Waals surface area contributed by atoms with Gasteiger partial charge in [0.25, 0.3) is 15.7 Å². The highest BCUT2D eigenvalue weighted by Crippen LogP contribution is 2.25. The Kier molecular flexibility index (Phi) is 4.28. The van der Waals surface area contributed by atoms with E-state index in [0.717, 1.165) is 0 Å². The topological polar surface area (TPSA) is 102 Å². The molecule has 0 bridgehead atoms. The van der Waals surface area contributed by atoms with Gasteiger partial charge < -0.3 is 0 Å². The second-order valence-electron chi connectivity index (χ2n) is 4.77. The fraction of sp³-hybridized carbons (Fsp3) is 0. The number of benzene rings is 2. The second kappa shape index (κ2) is 6.38. The van der Waals surface area contributed by atoms with Gasteiger partial charge in [0.1, 0.15) is 0 Å². The van der Waals surface area contributed by atoms with E-state index >= 15 is 0 Å². The van der Waals surface area contributed by atoms with Crippen molar-refractivity contribution in [1.29, 1.82) is 0 Å². The predicted octanol–water partition coefficient (Wildman–Crippen LogP) is 3.52. The molecular weight excluding hydrogens is 350 g/mol. The molecular formula is C15H11N3O4S2. The molecule has 0 aliphatic carbocycles. The molecule has 0 aliphatic heterocycles. The number of anilines is 1. The number of hydrogen-bond donors (Lipinski definition) is 1. The number of rotatable bonds is 5. The first-order valence-corrected chi connectivity index (χ1v) is 9.09. The molecule has 0 unspecified atom stereocenters. The summed E-state index contributed by atoms with van der Waals surface area (Å²) in [5, 5.41) is 12.8. The Morgan fingerprint density at radius 2 is 1.83 bits per heavy atom. The Labute approximate surface area is 141 Å². The Bertz CT molecular complexity index is 968. The summed E-state index contributed by atoms with van der Waals surface area (Å²) in [5.41, 5.74) is 1.31. The molecule has 0 fully saturated rings. The molecule has 3 rings (SSSR count). The molecule has 0 atom stereocenters. The third-order valence-corrected chi connectivity index (χ3v) is 5.38. The number of hydrogen-bond acceptors (Lipinski definition) is 6. The number of thiazole rings is 1. The SMILES string of the molecule is O=[N+]([O-])c1cccc(-c2ccc(S(=O)(=O)Nc3nccs3)cc2)c1. The van der Waals surface area contributed by atoms with Crippen LogP contribution in [0.2, 0.25) is 0 Å². The number of nitro benzene ring substituents is 1. The maximum Gasteiger partial charge on any atom is 0.270 e. The minimum absolute atomic E-state index is 0.0189. The molecule has 0 radical (unpaired) electrons. The summed E-state index contributed by atoms with van der Waals surface area (Å²) in [4.78, 5) is 14.3. The number of nitro groups is 1. The fourth-order valence-corrected chi connectivity index (χ4v) is 3.86. The van der Waals surface area contributed by atoms with Crippen molar-refractivity contribution in [2.75, 3.05) is 4.72 Å². The van der Waals surface area contributed by atoms with Crippen molar-refractivity contribution in [2.45, 2.75) is 4.90 Å². The van der Waals surface area contributed by atoms with Crippen molar-refractivity contribution >= 4 is 32.2 Å². The van der Waals surface area contributed by atoms with E-state index in [0.29, 0.717) is 11.1 Å². The molecule has 0 spiro atoms. The van der Waals surface area contributed by atoms with E-state index in [9.17, 15) is 18.5 Å². The summed E-state index contributed by atoms with van der Waals surface area (Å²) in [6.07, 6.45) is 1.51. The van der Waals surface area contributed by atoms with E-state index in [1.165, 1.54) is 41.8 Å². The van der Waals surface area contributed by atoms with E-state index in [2.05, 4.69) is 9.71 Å². The van der Waals surface area contributed by atoms with Crippen molar-refractivity contribution < 1.29 is 13.3 Å². The van der Waals surface area contributed by atoms with Crippen LogP contribution in [0.15, 0.2) is 65.0 Å². The minimum atomic E-state index is -3.71. The van der Waals surface area contributed by atoms with Crippen LogP contribution in [0.5, 0.6) is 0 Å². The first-order chi connectivity index (χ1) is 11.5. The van der Waals surface area contributed by atoms with Crippen LogP contribution in [0.3, 0.4) is 0 Å². The van der Waals surface area contributed by atoms with Gasteiger partial charge in [-0.2, -0.15) is 0 Å². The first kappa shape index (κ1) is 16.1. The van der Waals surface area contributed by atoms with Crippen molar-refractivity contribution in [3.63, 3.8) is 0 Å². The normalized spacial score (nSPS) is 11.2. The smallest absolute Gasteiger partial charge is 0.258 e. The molecule has 0 saturated heterocycles. The molecule has 0 saturated carbocycles. The van der Waals surface area contributed by atoms with Gasteiger partial charge in [-0.1, -0.05) is 24.3 Å². The van der Waals surface area contributed by atoms with E-state index in [4.69, 9.17) is 0 Å². The molecule has 1 heterocycles. The summed E-state index contributed by atoms with van der Waals surface area (Å²) in [7, 11) is -3.71. The Hall–Kier alpha value is -2.78. The van der Waals surface area contributed by atoms with Gasteiger partial charge >= 0.3 is 0 Å². The molecule has 122 valence electrons. The standard InChI is InChI=1S/C15H11N3O4S2/c19-18(20)13-3-1-2-12(10-13)11-4-6-14(7-5-11)24(21,22)17-15-16-8-9-23-15/h1-10H,(H,16,17). The number of nitrogens with one attached hydrogen (secondary N) is 1. The number of aromatic nitrogens is 1. The average molecular weight is 361 g/mol. The third kappa shape index (κ3) is 3.42. The zero-order chi connectivity index (χ0) is 17.2. The summed E-state index contributed by atoms with van der Waals surface area (Å²) in [5.74, 6) is 0. The van der Waals surface area contributed by atoms with Crippen LogP contribution in [0.25, 0.3) is 11.1 Å². The van der Waals surface area contributed by atoms with Gasteiger partial charge in [0.05, 0.1) is 9.82 Å². The highest BCUT2D eigenvalue weighted by molar-refractivity contribution is 7.93. The first-order valence-electron chi connectivity index (χ1n) is 6.73. The Morgan fingerprint density at radius 1 is 1.08 bits per heavy atom. The lowest BCUT2D eigenvalue weighted by Crippen LogP contribution is -2.12. The average Bonchev–Trinajstić information content (AvgIpc) is 3.07. The van der Waals surface area contributed by atoms with Crippen LogP contribution >= 0.6 is 11.3 Å². The number of nitrogens with zero attached hydrogens (tertiary/aromatic N) is 2. The zero-order valence-corrected chi connectivity index (χ0v) is 13.8. The lowest BCUT2D eigenvalue weighted by molar-refractivity contribution is -0.384. The molecule has 1 N–H and O–H groups in total. The highest BCUT2D eigenvalue weighted by Gasteiger charge is 2.15. The van der Waals surface area contributed by atoms with Crippen LogP contribution in [0, 0.1) is 10.1 Å². The monoisotopic (exact) mass is 361 g/mol. The van der Waals surface area contributed by atoms with E-state index in [-0.39, 0.29) is 15.7 Å². The summed E-state index contributed by atoms with van der Waals surface area (Å²) in [6, 6.07) is 12.3. The highest BCUT2D eigenvalue weighted by atomic mass is 32.2. The van der Waals surface area contributed by atoms with E-state index in [1.54, 1.807) is 29.6 Å². The van der Waals surface area contributed by atoms with Crippen LogP contribution in [-0.2, 0) is 10.0 Å². The number of sulfonamides is 1. The van der Waals surface area contributed by atoms with Gasteiger partial charge in [-0.25, -0.2) is 13.4 Å². The summed E-state index contributed by atoms with van der Waals surface area (Å²) in [6.45, 7) is 0. The van der Waals surface area contributed by atoms with E-state index in [1.807, 2.05) is 0 Å². The van der Waals surface area contributed by atoms with Crippen molar-refractivity contribution in [1.82, 2.24) is 4.98 Å². The van der Waals surface area contributed by atoms with Gasteiger partial charge in [-0.15, -0.1) is 11.3 Å². The van der Waals surface area contributed by atoms with Crippen molar-refractivity contribution in [3.8, 4) is 11.1 Å². The zero-order valence-electron chi connectivity index (χ0n) is 12.1. The maximum absolute atomic E-state index is 12.3. The molecule has 0 amide bonds. The fourth-order valence-electron chi connectivity index (χ4n) is 2.07. The summed E-state index contributed by atoms with van der Waals surface area (Å²) < 4.78 is 26.9. The van der Waals surface area contributed by atoms with Crippen LogP contribution < -0.4 is 4.72 Å². The molecule has 9 heteroatoms. The Morgan fingerprint density at radius 3 is 2.46 bits per heavy atom. The van der Waals surface area contributed by atoms with Crippen LogP contribution in [0.1, 0.15) is 0 Å². The second-order valence-corrected chi connectivity index (χ2v) is 7.35. The molecule has 3 aromatic rings. The van der Waals surface area contributed by atoms with Crippen LogP contribution in [-0.4, -0.2) is 18.3 Å². The molecule has 2 aromatic carbocycles. The summed E-state index contributed by atoms with van der Waals surface area (Å²) >= 11 is 1.18. The van der Waals surface area contributed by atoms with Crippen LogP contribution in [0.4, 0.5) is 10.8 Å². The molecule has 1 aromatic heterocycles. The Balaban J connectivity index is 1.88. The lowest BCUT2D eigenvalue weighted by Gasteiger charge is -2.07. The third-order valence-electron chi connectivity index (χ3n) is 3.21. The lowest BCUT2D eigenvalue weighted by atomic mass is 10.1. The number of non-ortho nitro benzene ring substituents is 1. The van der Waals surface area contributed by atoms with Crippen molar-refractivity contribution in [2.24, 2.45) is 0 Å².